The van der Waals surface area contributed by atoms with Crippen molar-refractivity contribution in [1.29, 1.82) is 0 Å². The summed E-state index contributed by atoms with van der Waals surface area (Å²) >= 11 is 2.43. The van der Waals surface area contributed by atoms with Gasteiger partial charge < -0.3 is 0 Å². The molecular weight excluding hydrogens is 391 g/mol. The molecule has 0 saturated heterocycles. The molecule has 0 amide bonds. The van der Waals surface area contributed by atoms with Crippen molar-refractivity contribution in [3.05, 3.63) is 87.0 Å². The summed E-state index contributed by atoms with van der Waals surface area (Å²) in [4.78, 5) is 0. The Morgan fingerprint density at radius 3 is 2.43 bits per heavy atom. The van der Waals surface area contributed by atoms with Crippen LogP contribution < -0.4 is 0 Å². The van der Waals surface area contributed by atoms with Crippen molar-refractivity contribution >= 4 is 28.2 Å². The highest BCUT2D eigenvalue weighted by molar-refractivity contribution is 14.1. The zero-order chi connectivity index (χ0) is 16.2. The van der Waals surface area contributed by atoms with E-state index in [1.54, 1.807) is 0 Å². The summed E-state index contributed by atoms with van der Waals surface area (Å²) in [5, 5.41) is 0. The molecule has 0 spiro atoms. The zero-order valence-electron chi connectivity index (χ0n) is 13.8. The maximum absolute atomic E-state index is 2.51. The fourth-order valence-corrected chi connectivity index (χ4v) is 4.79. The number of fused-ring (bicyclic) bond motifs is 3. The minimum Gasteiger partial charge on any atom is -0.0755 e. The van der Waals surface area contributed by atoms with Crippen molar-refractivity contribution in [2.24, 2.45) is 5.41 Å². The van der Waals surface area contributed by atoms with Crippen molar-refractivity contribution in [3.63, 3.8) is 0 Å². The lowest BCUT2D eigenvalue weighted by molar-refractivity contribution is 0.246. The second-order valence-electron chi connectivity index (χ2n) is 7.44. The Morgan fingerprint density at radius 2 is 1.70 bits per heavy atom. The highest BCUT2D eigenvalue weighted by Crippen LogP contribution is 2.62. The van der Waals surface area contributed by atoms with Crippen LogP contribution in [0.5, 0.6) is 0 Å². The van der Waals surface area contributed by atoms with E-state index in [2.05, 4.69) is 110 Å². The topological polar surface area (TPSA) is 0 Å². The first kappa shape index (κ1) is 15.2. The van der Waals surface area contributed by atoms with Crippen LogP contribution in [0.3, 0.4) is 0 Å². The predicted molar refractivity (Wildman–Crippen MR) is 107 cm³/mol. The molecule has 2 aliphatic carbocycles. The van der Waals surface area contributed by atoms with E-state index >= 15 is 0 Å². The Labute approximate surface area is 152 Å². The van der Waals surface area contributed by atoms with Crippen LogP contribution in [0, 0.1) is 8.99 Å². The van der Waals surface area contributed by atoms with Crippen LogP contribution in [-0.2, 0) is 5.41 Å². The molecule has 0 saturated carbocycles. The van der Waals surface area contributed by atoms with Gasteiger partial charge in [-0.15, -0.1) is 0 Å². The molecule has 0 bridgehead atoms. The lowest BCUT2D eigenvalue weighted by Crippen LogP contribution is -2.36. The molecule has 2 aromatic carbocycles. The Balaban J connectivity index is 1.89. The first-order chi connectivity index (χ1) is 10.9. The summed E-state index contributed by atoms with van der Waals surface area (Å²) in [5.41, 5.74) is 5.90. The second-order valence-corrected chi connectivity index (χ2v) is 8.69. The fourth-order valence-electron chi connectivity index (χ4n) is 4.30. The smallest absolute Gasteiger partial charge is 0.0133 e. The number of hydrogen-bond donors (Lipinski definition) is 0. The van der Waals surface area contributed by atoms with E-state index in [-0.39, 0.29) is 10.8 Å². The van der Waals surface area contributed by atoms with Crippen LogP contribution in [0.15, 0.2) is 66.8 Å². The van der Waals surface area contributed by atoms with Crippen LogP contribution in [-0.4, -0.2) is 0 Å². The summed E-state index contributed by atoms with van der Waals surface area (Å²) in [7, 11) is 0. The molecule has 1 heteroatoms. The van der Waals surface area contributed by atoms with Gasteiger partial charge in [-0.05, 0) is 62.4 Å². The number of halogens is 1. The average Bonchev–Trinajstić information content (AvgIpc) is 2.72. The molecule has 0 N–H and O–H groups in total. The first-order valence-corrected chi connectivity index (χ1v) is 9.28. The largest absolute Gasteiger partial charge is 0.0755 e. The highest BCUT2D eigenvalue weighted by atomic mass is 127. The Bertz CT molecular complexity index is 826. The van der Waals surface area contributed by atoms with Crippen molar-refractivity contribution in [3.8, 4) is 0 Å². The van der Waals surface area contributed by atoms with Gasteiger partial charge in [0.15, 0.2) is 0 Å². The molecule has 0 fully saturated rings. The van der Waals surface area contributed by atoms with Crippen LogP contribution in [0.2, 0.25) is 0 Å². The van der Waals surface area contributed by atoms with Crippen molar-refractivity contribution in [2.75, 3.05) is 0 Å². The van der Waals surface area contributed by atoms with E-state index in [9.17, 15) is 0 Å². The van der Waals surface area contributed by atoms with Gasteiger partial charge in [0.2, 0.25) is 0 Å². The molecule has 4 rings (SSSR count). The Kier molecular flexibility index (Phi) is 3.35. The lowest BCUT2D eigenvalue weighted by Gasteiger charge is -2.42. The summed E-state index contributed by atoms with van der Waals surface area (Å²) in [6.07, 6.45) is 7.24. The van der Waals surface area contributed by atoms with E-state index in [1.807, 2.05) is 0 Å². The number of rotatable bonds is 1. The van der Waals surface area contributed by atoms with E-state index in [0.29, 0.717) is 5.92 Å². The molecular formula is C22H21I. The number of benzene rings is 2. The minimum absolute atomic E-state index is 0.111. The molecule has 2 atom stereocenters. The third-order valence-electron chi connectivity index (χ3n) is 6.05. The molecule has 2 aliphatic rings. The lowest BCUT2D eigenvalue weighted by atomic mass is 9.61. The molecule has 1 unspecified atom stereocenters. The summed E-state index contributed by atoms with van der Waals surface area (Å²) in [6.45, 7) is 7.23. The normalized spacial score (nSPS) is 27.3. The third-order valence-corrected chi connectivity index (χ3v) is 6.72. The van der Waals surface area contributed by atoms with Gasteiger partial charge in [0.05, 0.1) is 0 Å². The molecule has 2 aromatic rings. The van der Waals surface area contributed by atoms with Crippen LogP contribution in [0.4, 0.5) is 0 Å². The van der Waals surface area contributed by atoms with Gasteiger partial charge in [-0.1, -0.05) is 75.4 Å². The highest BCUT2D eigenvalue weighted by Gasteiger charge is 2.53. The van der Waals surface area contributed by atoms with Crippen LogP contribution >= 0.6 is 22.6 Å². The van der Waals surface area contributed by atoms with Crippen molar-refractivity contribution in [2.45, 2.75) is 32.1 Å². The molecule has 0 aliphatic heterocycles. The molecule has 0 radical (unpaired) electrons. The third kappa shape index (κ3) is 2.09. The molecule has 0 nitrogen and oxygen atoms in total. The average molecular weight is 412 g/mol. The SMILES string of the molecule is CC1(C)c2cc(I)ccc2C2C=CC(c3ccccc3)=C[C@]21C. The fraction of sp³-hybridized carbons (Fsp3) is 0.273. The number of hydrogen-bond acceptors (Lipinski definition) is 0. The van der Waals surface area contributed by atoms with Crippen molar-refractivity contribution in [1.82, 2.24) is 0 Å². The maximum Gasteiger partial charge on any atom is 0.0133 e. The van der Waals surface area contributed by atoms with E-state index < -0.39 is 0 Å². The van der Waals surface area contributed by atoms with Crippen LogP contribution in [0.25, 0.3) is 5.57 Å². The van der Waals surface area contributed by atoms with Gasteiger partial charge in [0, 0.05) is 14.9 Å². The zero-order valence-corrected chi connectivity index (χ0v) is 16.0. The van der Waals surface area contributed by atoms with E-state index in [0.717, 1.165) is 0 Å². The second kappa shape index (κ2) is 5.07. The quantitative estimate of drug-likeness (QED) is 0.481. The number of allylic oxidation sites excluding steroid dienone is 4. The van der Waals surface area contributed by atoms with Crippen molar-refractivity contribution < 1.29 is 0 Å². The standard InChI is InChI=1S/C22H21I/c1-21(2)20-13-17(23)10-11-18(20)19-12-9-16(14-22(19,21)3)15-7-5-4-6-8-15/h4-14,19H,1-3H3/t19?,22-/m1/s1. The summed E-state index contributed by atoms with van der Waals surface area (Å²) in [5.74, 6) is 0.469. The van der Waals surface area contributed by atoms with Gasteiger partial charge in [0.25, 0.3) is 0 Å². The summed E-state index contributed by atoms with van der Waals surface area (Å²) < 4.78 is 1.33. The maximum atomic E-state index is 2.51. The Morgan fingerprint density at radius 1 is 0.957 bits per heavy atom. The molecule has 0 aromatic heterocycles. The minimum atomic E-state index is 0.111. The predicted octanol–water partition coefficient (Wildman–Crippen LogP) is 6.33. The molecule has 116 valence electrons. The monoisotopic (exact) mass is 412 g/mol. The van der Waals surface area contributed by atoms with Gasteiger partial charge in [0.1, 0.15) is 0 Å². The molecule has 23 heavy (non-hydrogen) atoms. The van der Waals surface area contributed by atoms with Crippen LogP contribution in [0.1, 0.15) is 43.4 Å². The van der Waals surface area contributed by atoms with Gasteiger partial charge in [-0.2, -0.15) is 0 Å². The van der Waals surface area contributed by atoms with Gasteiger partial charge >= 0.3 is 0 Å². The first-order valence-electron chi connectivity index (χ1n) is 8.20. The summed E-state index contributed by atoms with van der Waals surface area (Å²) in [6, 6.07) is 17.7. The van der Waals surface area contributed by atoms with E-state index in [4.69, 9.17) is 0 Å². The van der Waals surface area contributed by atoms with Gasteiger partial charge in [-0.25, -0.2) is 0 Å². The van der Waals surface area contributed by atoms with E-state index in [1.165, 1.54) is 25.8 Å². The van der Waals surface area contributed by atoms with Gasteiger partial charge in [-0.3, -0.25) is 0 Å². The Hall–Kier alpha value is -1.35. The molecule has 0 heterocycles.